The van der Waals surface area contributed by atoms with E-state index in [-0.39, 0.29) is 17.1 Å². The zero-order valence-electron chi connectivity index (χ0n) is 10.8. The molecule has 0 unspecified atom stereocenters. The third-order valence-electron chi connectivity index (χ3n) is 2.59. The van der Waals surface area contributed by atoms with Gasteiger partial charge in [-0.15, -0.1) is 11.3 Å². The molecule has 0 fully saturated rings. The maximum Gasteiger partial charge on any atom is 0.349 e. The highest BCUT2D eigenvalue weighted by Crippen LogP contribution is 2.26. The maximum absolute atomic E-state index is 12.0. The van der Waals surface area contributed by atoms with Crippen LogP contribution in [0.5, 0.6) is 0 Å². The van der Waals surface area contributed by atoms with E-state index in [0.29, 0.717) is 20.6 Å². The van der Waals surface area contributed by atoms with Crippen LogP contribution in [0, 0.1) is 6.92 Å². The molecule has 1 heterocycles. The molecular formula is C13H10Cl2N2O3S. The number of amides is 1. The van der Waals surface area contributed by atoms with Crippen LogP contribution < -0.4 is 5.32 Å². The van der Waals surface area contributed by atoms with E-state index in [9.17, 15) is 9.59 Å². The summed E-state index contributed by atoms with van der Waals surface area (Å²) in [5, 5.41) is 12.8. The van der Waals surface area contributed by atoms with Crippen molar-refractivity contribution in [3.05, 3.63) is 43.7 Å². The number of nitrogens with one attached hydrogen (secondary N) is 1. The lowest BCUT2D eigenvalue weighted by Crippen LogP contribution is -2.17. The molecule has 21 heavy (non-hydrogen) atoms. The Balaban J connectivity index is 2.18. The Morgan fingerprint density at radius 1 is 1.33 bits per heavy atom. The van der Waals surface area contributed by atoms with Gasteiger partial charge in [-0.05, 0) is 24.6 Å². The van der Waals surface area contributed by atoms with E-state index in [1.54, 1.807) is 25.1 Å². The SMILES string of the molecule is Cc1nc(NC(=O)Cc2c(Cl)cccc2Cl)c(C(=O)O)s1. The molecule has 0 bridgehead atoms. The molecule has 0 saturated heterocycles. The Morgan fingerprint density at radius 3 is 2.52 bits per heavy atom. The second-order valence-corrected chi connectivity index (χ2v) is 6.16. The number of rotatable bonds is 4. The zero-order chi connectivity index (χ0) is 15.6. The van der Waals surface area contributed by atoms with Crippen LogP contribution in [-0.4, -0.2) is 22.0 Å². The number of hydrogen-bond acceptors (Lipinski definition) is 4. The highest BCUT2D eigenvalue weighted by Gasteiger charge is 2.19. The number of benzene rings is 1. The molecule has 0 atom stereocenters. The number of carbonyl (C=O) groups is 2. The normalized spacial score (nSPS) is 10.4. The molecule has 0 aliphatic carbocycles. The van der Waals surface area contributed by atoms with Crippen molar-refractivity contribution in [2.45, 2.75) is 13.3 Å². The van der Waals surface area contributed by atoms with Crippen molar-refractivity contribution in [2.24, 2.45) is 0 Å². The van der Waals surface area contributed by atoms with Gasteiger partial charge in [-0.1, -0.05) is 29.3 Å². The van der Waals surface area contributed by atoms with Crippen LogP contribution in [0.2, 0.25) is 10.0 Å². The highest BCUT2D eigenvalue weighted by atomic mass is 35.5. The number of halogens is 2. The Hall–Kier alpha value is -1.63. The van der Waals surface area contributed by atoms with Crippen LogP contribution >= 0.6 is 34.5 Å². The number of carboxylic acids is 1. The number of carbonyl (C=O) groups excluding carboxylic acids is 1. The van der Waals surface area contributed by atoms with Gasteiger partial charge in [0.2, 0.25) is 5.91 Å². The fraction of sp³-hybridized carbons (Fsp3) is 0.154. The van der Waals surface area contributed by atoms with Crippen molar-refractivity contribution >= 4 is 52.2 Å². The lowest BCUT2D eigenvalue weighted by molar-refractivity contribution is -0.115. The summed E-state index contributed by atoms with van der Waals surface area (Å²) in [6, 6.07) is 4.94. The summed E-state index contributed by atoms with van der Waals surface area (Å²) in [4.78, 5) is 27.1. The van der Waals surface area contributed by atoms with Crippen LogP contribution in [0.25, 0.3) is 0 Å². The Kier molecular flexibility index (Phi) is 4.82. The Bertz CT molecular complexity index is 695. The molecule has 1 amide bonds. The van der Waals surface area contributed by atoms with Gasteiger partial charge < -0.3 is 10.4 Å². The van der Waals surface area contributed by atoms with Gasteiger partial charge in [0.05, 0.1) is 11.4 Å². The van der Waals surface area contributed by atoms with Crippen molar-refractivity contribution in [3.63, 3.8) is 0 Å². The van der Waals surface area contributed by atoms with Gasteiger partial charge in [0.15, 0.2) is 10.7 Å². The minimum absolute atomic E-state index is 0.00824. The monoisotopic (exact) mass is 344 g/mol. The minimum Gasteiger partial charge on any atom is -0.477 e. The standard InChI is InChI=1S/C13H10Cl2N2O3S/c1-6-16-12(11(21-6)13(19)20)17-10(18)5-7-8(14)3-2-4-9(7)15/h2-4H,5H2,1H3,(H,17,18)(H,19,20). The molecule has 0 aliphatic rings. The average molecular weight is 345 g/mol. The fourth-order valence-corrected chi connectivity index (χ4v) is 2.94. The predicted octanol–water partition coefficient (Wildman–Crippen LogP) is 3.64. The van der Waals surface area contributed by atoms with Crippen molar-refractivity contribution in [2.75, 3.05) is 5.32 Å². The van der Waals surface area contributed by atoms with E-state index < -0.39 is 11.9 Å². The fourth-order valence-electron chi connectivity index (χ4n) is 1.69. The number of aryl methyl sites for hydroxylation is 1. The number of thiazole rings is 1. The molecule has 2 rings (SSSR count). The molecular weight excluding hydrogens is 335 g/mol. The van der Waals surface area contributed by atoms with Crippen LogP contribution in [0.3, 0.4) is 0 Å². The first-order chi connectivity index (χ1) is 9.88. The third-order valence-corrected chi connectivity index (χ3v) is 4.25. The number of hydrogen-bond donors (Lipinski definition) is 2. The molecule has 8 heteroatoms. The number of aromatic nitrogens is 1. The molecule has 0 aliphatic heterocycles. The van der Waals surface area contributed by atoms with Gasteiger partial charge in [0.1, 0.15) is 0 Å². The summed E-state index contributed by atoms with van der Waals surface area (Å²) < 4.78 is 0. The van der Waals surface area contributed by atoms with Crippen LogP contribution in [0.4, 0.5) is 5.82 Å². The second-order valence-electron chi connectivity index (χ2n) is 4.14. The quantitative estimate of drug-likeness (QED) is 0.887. The molecule has 2 N–H and O–H groups in total. The van der Waals surface area contributed by atoms with Gasteiger partial charge in [-0.25, -0.2) is 9.78 Å². The number of nitrogens with zero attached hydrogens (tertiary/aromatic N) is 1. The molecule has 0 spiro atoms. The van der Waals surface area contributed by atoms with E-state index in [1.165, 1.54) is 0 Å². The first kappa shape index (κ1) is 15.8. The topological polar surface area (TPSA) is 79.3 Å². The molecule has 110 valence electrons. The third kappa shape index (κ3) is 3.72. The van der Waals surface area contributed by atoms with Gasteiger partial charge in [0.25, 0.3) is 0 Å². The average Bonchev–Trinajstić information content (AvgIpc) is 2.75. The van der Waals surface area contributed by atoms with Gasteiger partial charge in [-0.3, -0.25) is 4.79 Å². The molecule has 1 aromatic heterocycles. The molecule has 0 saturated carbocycles. The summed E-state index contributed by atoms with van der Waals surface area (Å²) in [6.07, 6.45) is -0.0614. The van der Waals surface area contributed by atoms with Gasteiger partial charge >= 0.3 is 5.97 Å². The first-order valence-corrected chi connectivity index (χ1v) is 7.39. The van der Waals surface area contributed by atoms with E-state index in [2.05, 4.69) is 10.3 Å². The molecule has 1 aromatic carbocycles. The summed E-state index contributed by atoms with van der Waals surface area (Å²) in [6.45, 7) is 1.66. The van der Waals surface area contributed by atoms with Crippen LogP contribution in [0.1, 0.15) is 20.2 Å². The summed E-state index contributed by atoms with van der Waals surface area (Å²) in [5.74, 6) is -1.53. The molecule has 0 radical (unpaired) electrons. The first-order valence-electron chi connectivity index (χ1n) is 5.82. The minimum atomic E-state index is -1.13. The van der Waals surface area contributed by atoms with Crippen LogP contribution in [-0.2, 0) is 11.2 Å². The van der Waals surface area contributed by atoms with E-state index in [0.717, 1.165) is 11.3 Å². The molecule has 2 aromatic rings. The Morgan fingerprint density at radius 2 is 1.95 bits per heavy atom. The van der Waals surface area contributed by atoms with Crippen molar-refractivity contribution in [1.82, 2.24) is 4.98 Å². The summed E-state index contributed by atoms with van der Waals surface area (Å²) >= 11 is 13.0. The lowest BCUT2D eigenvalue weighted by Gasteiger charge is -2.07. The lowest BCUT2D eigenvalue weighted by atomic mass is 10.1. The predicted molar refractivity (Wildman–Crippen MR) is 82.6 cm³/mol. The second kappa shape index (κ2) is 6.43. The van der Waals surface area contributed by atoms with Crippen molar-refractivity contribution in [3.8, 4) is 0 Å². The van der Waals surface area contributed by atoms with E-state index in [1.807, 2.05) is 0 Å². The van der Waals surface area contributed by atoms with Crippen molar-refractivity contribution in [1.29, 1.82) is 0 Å². The van der Waals surface area contributed by atoms with Gasteiger partial charge in [-0.2, -0.15) is 0 Å². The number of carboxylic acid groups (broad SMARTS) is 1. The van der Waals surface area contributed by atoms with E-state index >= 15 is 0 Å². The van der Waals surface area contributed by atoms with Gasteiger partial charge in [0, 0.05) is 10.0 Å². The number of anilines is 1. The highest BCUT2D eigenvalue weighted by molar-refractivity contribution is 7.14. The molecule has 5 nitrogen and oxygen atoms in total. The van der Waals surface area contributed by atoms with E-state index in [4.69, 9.17) is 28.3 Å². The summed E-state index contributed by atoms with van der Waals surface area (Å²) in [5.41, 5.74) is 0.488. The summed E-state index contributed by atoms with van der Waals surface area (Å²) in [7, 11) is 0. The smallest absolute Gasteiger partial charge is 0.349 e. The largest absolute Gasteiger partial charge is 0.477 e. The van der Waals surface area contributed by atoms with Crippen molar-refractivity contribution < 1.29 is 14.7 Å². The van der Waals surface area contributed by atoms with Crippen LogP contribution in [0.15, 0.2) is 18.2 Å². The Labute approximate surface area is 134 Å². The number of aromatic carboxylic acids is 1. The maximum atomic E-state index is 12.0. The zero-order valence-corrected chi connectivity index (χ0v) is 13.1.